The van der Waals surface area contributed by atoms with Gasteiger partial charge in [-0.05, 0) is 85.5 Å². The predicted octanol–water partition coefficient (Wildman–Crippen LogP) is 4.43. The molecular formula is C29H32N6O2. The lowest BCUT2D eigenvalue weighted by atomic mass is 10.0. The highest BCUT2D eigenvalue weighted by Gasteiger charge is 2.18. The van der Waals surface area contributed by atoms with E-state index in [1.807, 2.05) is 60.2 Å². The maximum absolute atomic E-state index is 13.3. The number of nitrogens with one attached hydrogen (secondary N) is 1. The fraction of sp³-hybridized carbons (Fsp3) is 0.276. The standard InChI is InChI=1S/C29H32N6O2/c1-20-16-35(19-32-20)26-13-21(17-34-11-3-4-24(30)18-34)12-25(15-26)33-29(36)28-14-23(9-10-31-28)22-5-7-27(37-2)8-6-22/h5-10,12-16,19,24H,3-4,11,17-18,30H2,1-2H3,(H,33,36). The first-order valence-electron chi connectivity index (χ1n) is 12.5. The summed E-state index contributed by atoms with van der Waals surface area (Å²) in [5.41, 5.74) is 12.1. The van der Waals surface area contributed by atoms with Crippen LogP contribution < -0.4 is 15.8 Å². The van der Waals surface area contributed by atoms with Crippen molar-refractivity contribution in [1.82, 2.24) is 19.4 Å². The molecule has 37 heavy (non-hydrogen) atoms. The number of aromatic nitrogens is 3. The Bertz CT molecular complexity index is 1380. The van der Waals surface area contributed by atoms with Crippen LogP contribution in [0.3, 0.4) is 0 Å². The second-order valence-corrected chi connectivity index (χ2v) is 9.56. The first-order chi connectivity index (χ1) is 18.0. The summed E-state index contributed by atoms with van der Waals surface area (Å²) in [5.74, 6) is 0.520. The largest absolute Gasteiger partial charge is 0.497 e. The van der Waals surface area contributed by atoms with E-state index >= 15 is 0 Å². The van der Waals surface area contributed by atoms with Gasteiger partial charge in [0.1, 0.15) is 11.4 Å². The summed E-state index contributed by atoms with van der Waals surface area (Å²) in [5, 5.41) is 3.06. The predicted molar refractivity (Wildman–Crippen MR) is 145 cm³/mol. The Hall–Kier alpha value is -4.01. The smallest absolute Gasteiger partial charge is 0.274 e. The highest BCUT2D eigenvalue weighted by molar-refractivity contribution is 6.03. The van der Waals surface area contributed by atoms with Gasteiger partial charge in [0.2, 0.25) is 0 Å². The van der Waals surface area contributed by atoms with Crippen LogP contribution in [0.5, 0.6) is 5.75 Å². The number of hydrogen-bond acceptors (Lipinski definition) is 6. The Balaban J connectivity index is 1.40. The summed E-state index contributed by atoms with van der Waals surface area (Å²) in [4.78, 5) is 24.3. The molecule has 190 valence electrons. The normalized spacial score (nSPS) is 15.9. The van der Waals surface area contributed by atoms with Gasteiger partial charge in [-0.3, -0.25) is 14.7 Å². The fourth-order valence-corrected chi connectivity index (χ4v) is 4.75. The quantitative estimate of drug-likeness (QED) is 0.393. The van der Waals surface area contributed by atoms with Crippen LogP contribution in [0.25, 0.3) is 16.8 Å². The molecule has 1 saturated heterocycles. The molecule has 8 heteroatoms. The van der Waals surface area contributed by atoms with Crippen molar-refractivity contribution in [1.29, 1.82) is 0 Å². The number of anilines is 1. The highest BCUT2D eigenvalue weighted by atomic mass is 16.5. The van der Waals surface area contributed by atoms with Crippen molar-refractivity contribution in [3.05, 3.63) is 90.3 Å². The van der Waals surface area contributed by atoms with Crippen molar-refractivity contribution in [3.63, 3.8) is 0 Å². The molecule has 3 N–H and O–H groups in total. The Morgan fingerprint density at radius 2 is 1.95 bits per heavy atom. The Morgan fingerprint density at radius 3 is 2.68 bits per heavy atom. The number of pyridine rings is 1. The van der Waals surface area contributed by atoms with Gasteiger partial charge in [0, 0.05) is 42.9 Å². The van der Waals surface area contributed by atoms with Crippen molar-refractivity contribution in [2.45, 2.75) is 32.4 Å². The van der Waals surface area contributed by atoms with Crippen molar-refractivity contribution >= 4 is 11.6 Å². The number of hydrogen-bond donors (Lipinski definition) is 2. The maximum Gasteiger partial charge on any atom is 0.274 e. The molecule has 1 fully saturated rings. The van der Waals surface area contributed by atoms with E-state index in [9.17, 15) is 4.79 Å². The number of aryl methyl sites for hydroxylation is 1. The lowest BCUT2D eigenvalue weighted by Gasteiger charge is -2.30. The van der Waals surface area contributed by atoms with E-state index in [0.717, 1.165) is 66.3 Å². The van der Waals surface area contributed by atoms with Crippen LogP contribution in [0.2, 0.25) is 0 Å². The number of rotatable bonds is 7. The molecule has 5 rings (SSSR count). The molecule has 8 nitrogen and oxygen atoms in total. The number of nitrogens with zero attached hydrogens (tertiary/aromatic N) is 4. The molecule has 1 amide bonds. The number of imidazole rings is 1. The number of carbonyl (C=O) groups is 1. The zero-order chi connectivity index (χ0) is 25.8. The third-order valence-corrected chi connectivity index (χ3v) is 6.61. The molecule has 2 aromatic carbocycles. The van der Waals surface area contributed by atoms with Crippen LogP contribution in [0.15, 0.2) is 73.3 Å². The average Bonchev–Trinajstić information content (AvgIpc) is 3.35. The monoisotopic (exact) mass is 496 g/mol. The van der Waals surface area contributed by atoms with Gasteiger partial charge >= 0.3 is 0 Å². The van der Waals surface area contributed by atoms with E-state index in [-0.39, 0.29) is 11.9 Å². The van der Waals surface area contributed by atoms with Crippen LogP contribution in [0, 0.1) is 6.92 Å². The second kappa shape index (κ2) is 10.9. The number of piperidine rings is 1. The zero-order valence-corrected chi connectivity index (χ0v) is 21.2. The summed E-state index contributed by atoms with van der Waals surface area (Å²) < 4.78 is 7.22. The molecule has 0 spiro atoms. The first kappa shape index (κ1) is 24.7. The summed E-state index contributed by atoms with van der Waals surface area (Å²) in [6.07, 6.45) is 7.58. The third kappa shape index (κ3) is 6.04. The van der Waals surface area contributed by atoms with Crippen LogP contribution in [-0.2, 0) is 6.54 Å². The Kier molecular flexibility index (Phi) is 7.30. The minimum absolute atomic E-state index is 0.205. The molecule has 0 saturated carbocycles. The molecule has 1 aliphatic heterocycles. The number of nitrogens with two attached hydrogens (primary N) is 1. The Labute approximate surface area is 217 Å². The molecule has 0 aliphatic carbocycles. The Morgan fingerprint density at radius 1 is 1.11 bits per heavy atom. The highest BCUT2D eigenvalue weighted by Crippen LogP contribution is 2.25. The summed E-state index contributed by atoms with van der Waals surface area (Å²) >= 11 is 0. The number of carbonyl (C=O) groups excluding carboxylic acids is 1. The summed E-state index contributed by atoms with van der Waals surface area (Å²) in [7, 11) is 1.64. The number of likely N-dealkylation sites (tertiary alicyclic amines) is 1. The van der Waals surface area contributed by atoms with Gasteiger partial charge in [0.25, 0.3) is 5.91 Å². The topological polar surface area (TPSA) is 98.3 Å². The van der Waals surface area contributed by atoms with Gasteiger partial charge in [-0.25, -0.2) is 4.98 Å². The van der Waals surface area contributed by atoms with Gasteiger partial charge in [0.05, 0.1) is 19.1 Å². The van der Waals surface area contributed by atoms with Crippen LogP contribution in [0.1, 0.15) is 34.6 Å². The van der Waals surface area contributed by atoms with Gasteiger partial charge in [-0.1, -0.05) is 12.1 Å². The van der Waals surface area contributed by atoms with Gasteiger partial charge < -0.3 is 20.4 Å². The molecule has 4 aromatic rings. The van der Waals surface area contributed by atoms with Crippen molar-refractivity contribution < 1.29 is 9.53 Å². The van der Waals surface area contributed by atoms with Crippen LogP contribution in [0.4, 0.5) is 5.69 Å². The lowest BCUT2D eigenvalue weighted by molar-refractivity contribution is 0.102. The number of amides is 1. The SMILES string of the molecule is COc1ccc(-c2ccnc(C(=O)Nc3cc(CN4CCCC(N)C4)cc(-n4cnc(C)c4)c3)c2)cc1. The molecular weight excluding hydrogens is 464 g/mol. The molecule has 1 atom stereocenters. The summed E-state index contributed by atoms with van der Waals surface area (Å²) in [6.45, 7) is 4.62. The van der Waals surface area contributed by atoms with Gasteiger partial charge in [-0.15, -0.1) is 0 Å². The van der Waals surface area contributed by atoms with Crippen molar-refractivity contribution in [2.75, 3.05) is 25.5 Å². The van der Waals surface area contributed by atoms with E-state index < -0.39 is 0 Å². The molecule has 2 aromatic heterocycles. The molecule has 0 bridgehead atoms. The van der Waals surface area contributed by atoms with Crippen molar-refractivity contribution in [3.8, 4) is 22.6 Å². The molecule has 1 unspecified atom stereocenters. The first-order valence-corrected chi connectivity index (χ1v) is 12.5. The maximum atomic E-state index is 13.3. The molecule has 1 aliphatic rings. The van der Waals surface area contributed by atoms with E-state index in [4.69, 9.17) is 10.5 Å². The average molecular weight is 497 g/mol. The number of methoxy groups -OCH3 is 1. The van der Waals surface area contributed by atoms with Gasteiger partial charge in [0.15, 0.2) is 0 Å². The van der Waals surface area contributed by atoms with Crippen LogP contribution >= 0.6 is 0 Å². The van der Waals surface area contributed by atoms with E-state index in [2.05, 4.69) is 26.3 Å². The van der Waals surface area contributed by atoms with E-state index in [1.165, 1.54) is 0 Å². The second-order valence-electron chi connectivity index (χ2n) is 9.56. The minimum Gasteiger partial charge on any atom is -0.497 e. The van der Waals surface area contributed by atoms with E-state index in [1.54, 1.807) is 25.7 Å². The lowest BCUT2D eigenvalue weighted by Crippen LogP contribution is -2.42. The van der Waals surface area contributed by atoms with Gasteiger partial charge in [-0.2, -0.15) is 0 Å². The number of ether oxygens (including phenoxy) is 1. The zero-order valence-electron chi connectivity index (χ0n) is 21.2. The van der Waals surface area contributed by atoms with E-state index in [0.29, 0.717) is 11.4 Å². The summed E-state index contributed by atoms with van der Waals surface area (Å²) in [6, 6.07) is 17.7. The third-order valence-electron chi connectivity index (χ3n) is 6.61. The number of benzene rings is 2. The molecule has 0 radical (unpaired) electrons. The van der Waals surface area contributed by atoms with Crippen molar-refractivity contribution in [2.24, 2.45) is 5.73 Å². The fourth-order valence-electron chi connectivity index (χ4n) is 4.75. The van der Waals surface area contributed by atoms with Crippen LogP contribution in [-0.4, -0.2) is 51.6 Å². The molecule has 3 heterocycles. The minimum atomic E-state index is -0.264.